The number of nitrogens with zero attached hydrogens (tertiary/aromatic N) is 3. The van der Waals surface area contributed by atoms with Gasteiger partial charge in [0.15, 0.2) is 0 Å². The second-order valence-electron chi connectivity index (χ2n) is 8.09. The number of aromatic nitrogens is 3. The van der Waals surface area contributed by atoms with Crippen molar-refractivity contribution in [1.82, 2.24) is 20.3 Å². The Morgan fingerprint density at radius 3 is 2.59 bits per heavy atom. The van der Waals surface area contributed by atoms with Crippen molar-refractivity contribution in [2.45, 2.75) is 40.7 Å². The first kappa shape index (κ1) is 20.5. The van der Waals surface area contributed by atoms with E-state index in [1.54, 1.807) is 30.6 Å². The van der Waals surface area contributed by atoms with Crippen LogP contribution in [0.3, 0.4) is 0 Å². The minimum absolute atomic E-state index is 0.0277. The van der Waals surface area contributed by atoms with E-state index in [4.69, 9.17) is 4.74 Å². The molecule has 1 N–H and O–H groups in total. The molecule has 3 aromatic rings. The molecule has 2 aromatic heterocycles. The lowest BCUT2D eigenvalue weighted by Gasteiger charge is -2.28. The molecule has 0 aliphatic carbocycles. The lowest BCUT2D eigenvalue weighted by molar-refractivity contribution is 0.0910. The number of hydrogen-bond donors (Lipinski definition) is 1. The molecule has 0 bridgehead atoms. The number of hydrogen-bond acceptors (Lipinski definition) is 5. The first-order valence-electron chi connectivity index (χ1n) is 9.56. The molecule has 1 atom stereocenters. The number of nitrogens with one attached hydrogen (secondary N) is 1. The summed E-state index contributed by atoms with van der Waals surface area (Å²) in [6, 6.07) is 11.0. The van der Waals surface area contributed by atoms with Crippen LogP contribution >= 0.6 is 0 Å². The number of aryl methyl sites for hydroxylation is 1. The van der Waals surface area contributed by atoms with E-state index in [-0.39, 0.29) is 17.4 Å². The number of carbonyl (C=O) groups excluding carboxylic acids is 1. The van der Waals surface area contributed by atoms with Crippen LogP contribution in [-0.4, -0.2) is 26.9 Å². The highest BCUT2D eigenvalue weighted by atomic mass is 16.5. The van der Waals surface area contributed by atoms with Crippen molar-refractivity contribution in [2.24, 2.45) is 5.41 Å². The van der Waals surface area contributed by atoms with Gasteiger partial charge in [-0.15, -0.1) is 0 Å². The van der Waals surface area contributed by atoms with Crippen LogP contribution in [-0.2, 0) is 0 Å². The maximum atomic E-state index is 12.7. The van der Waals surface area contributed by atoms with Crippen molar-refractivity contribution >= 4 is 5.91 Å². The van der Waals surface area contributed by atoms with Gasteiger partial charge < -0.3 is 10.1 Å². The van der Waals surface area contributed by atoms with Crippen LogP contribution in [0.15, 0.2) is 55.1 Å². The highest BCUT2D eigenvalue weighted by Gasteiger charge is 2.22. The van der Waals surface area contributed by atoms with Crippen molar-refractivity contribution in [1.29, 1.82) is 0 Å². The smallest absolute Gasteiger partial charge is 0.251 e. The van der Waals surface area contributed by atoms with Crippen molar-refractivity contribution in [2.75, 3.05) is 0 Å². The molecular formula is C23H26N4O2. The van der Waals surface area contributed by atoms with E-state index < -0.39 is 0 Å². The molecule has 3 rings (SSSR count). The van der Waals surface area contributed by atoms with Gasteiger partial charge in [0.1, 0.15) is 12.1 Å². The van der Waals surface area contributed by atoms with Crippen LogP contribution in [0.1, 0.15) is 43.6 Å². The largest absolute Gasteiger partial charge is 0.438 e. The number of pyridine rings is 1. The summed E-state index contributed by atoms with van der Waals surface area (Å²) in [7, 11) is 0. The Bertz CT molecular complexity index is 997. The van der Waals surface area contributed by atoms with Crippen molar-refractivity contribution < 1.29 is 9.53 Å². The normalized spacial score (nSPS) is 12.3. The molecule has 2 heterocycles. The average Bonchev–Trinajstić information content (AvgIpc) is 2.70. The summed E-state index contributed by atoms with van der Waals surface area (Å²) < 4.78 is 6.11. The third-order valence-electron chi connectivity index (χ3n) is 4.93. The van der Waals surface area contributed by atoms with Crippen LogP contribution < -0.4 is 10.1 Å². The Balaban J connectivity index is 1.88. The van der Waals surface area contributed by atoms with E-state index in [1.807, 2.05) is 32.0 Å². The molecular weight excluding hydrogens is 364 g/mol. The molecule has 0 spiro atoms. The number of rotatable bonds is 5. The third-order valence-corrected chi connectivity index (χ3v) is 4.93. The molecule has 0 saturated heterocycles. The number of benzene rings is 1. The summed E-state index contributed by atoms with van der Waals surface area (Å²) in [5, 5.41) is 3.06. The highest BCUT2D eigenvalue weighted by molar-refractivity contribution is 5.95. The van der Waals surface area contributed by atoms with Gasteiger partial charge in [0, 0.05) is 24.0 Å². The molecule has 6 nitrogen and oxygen atoms in total. The average molecular weight is 390 g/mol. The number of ether oxygens (including phenoxy) is 1. The fourth-order valence-electron chi connectivity index (χ4n) is 2.57. The fraction of sp³-hybridized carbons (Fsp3) is 0.304. The Morgan fingerprint density at radius 2 is 1.90 bits per heavy atom. The summed E-state index contributed by atoms with van der Waals surface area (Å²) in [6.07, 6.45) is 4.82. The molecule has 150 valence electrons. The van der Waals surface area contributed by atoms with Crippen LogP contribution in [0, 0.1) is 12.3 Å². The van der Waals surface area contributed by atoms with E-state index >= 15 is 0 Å². The molecule has 0 unspecified atom stereocenters. The van der Waals surface area contributed by atoms with E-state index in [0.717, 1.165) is 11.1 Å². The second kappa shape index (κ2) is 8.39. The summed E-state index contributed by atoms with van der Waals surface area (Å²) in [6.45, 7) is 10.2. The Morgan fingerprint density at radius 1 is 1.10 bits per heavy atom. The van der Waals surface area contributed by atoms with Gasteiger partial charge in [-0.25, -0.2) is 15.0 Å². The van der Waals surface area contributed by atoms with Gasteiger partial charge in [-0.3, -0.25) is 4.79 Å². The summed E-state index contributed by atoms with van der Waals surface area (Å²) >= 11 is 0. The van der Waals surface area contributed by atoms with Crippen molar-refractivity contribution in [3.8, 4) is 22.9 Å². The van der Waals surface area contributed by atoms with Crippen LogP contribution in [0.4, 0.5) is 0 Å². The number of amides is 1. The van der Waals surface area contributed by atoms with Gasteiger partial charge in [-0.2, -0.15) is 0 Å². The zero-order valence-corrected chi connectivity index (χ0v) is 17.4. The fourth-order valence-corrected chi connectivity index (χ4v) is 2.57. The van der Waals surface area contributed by atoms with Gasteiger partial charge in [0.05, 0.1) is 11.3 Å². The number of carbonyl (C=O) groups is 1. The molecule has 0 aliphatic heterocycles. The molecule has 0 saturated carbocycles. The van der Waals surface area contributed by atoms with E-state index in [1.165, 1.54) is 6.33 Å². The Labute approximate surface area is 171 Å². The maximum Gasteiger partial charge on any atom is 0.251 e. The lowest BCUT2D eigenvalue weighted by Crippen LogP contribution is -2.41. The van der Waals surface area contributed by atoms with Crippen molar-refractivity contribution in [3.05, 3.63) is 66.2 Å². The topological polar surface area (TPSA) is 77.0 Å². The molecule has 6 heteroatoms. The molecule has 0 radical (unpaired) electrons. The highest BCUT2D eigenvalue weighted by Crippen LogP contribution is 2.32. The maximum absolute atomic E-state index is 12.7. The van der Waals surface area contributed by atoms with Crippen molar-refractivity contribution in [3.63, 3.8) is 0 Å². The van der Waals surface area contributed by atoms with E-state index in [9.17, 15) is 4.79 Å². The lowest BCUT2D eigenvalue weighted by atomic mass is 9.88. The zero-order chi connectivity index (χ0) is 21.0. The predicted molar refractivity (Wildman–Crippen MR) is 113 cm³/mol. The standard InChI is InChI=1S/C23H26N4O2/c1-15-8-9-17(21(28)27-16(2)23(3,4)5)13-20(15)29-22-18(7-6-11-25-22)19-10-12-24-14-26-19/h6-14,16H,1-5H3,(H,27,28)/t16-/m0/s1. The predicted octanol–water partition coefficient (Wildman–Crippen LogP) is 4.80. The van der Waals surface area contributed by atoms with Gasteiger partial charge in [-0.05, 0) is 55.2 Å². The molecule has 0 fully saturated rings. The van der Waals surface area contributed by atoms with Gasteiger partial charge in [0.25, 0.3) is 5.91 Å². The molecule has 29 heavy (non-hydrogen) atoms. The van der Waals surface area contributed by atoms with Crippen LogP contribution in [0.25, 0.3) is 11.3 Å². The summed E-state index contributed by atoms with van der Waals surface area (Å²) in [5.41, 5.74) is 2.89. The molecule has 1 aromatic carbocycles. The van der Waals surface area contributed by atoms with Gasteiger partial charge >= 0.3 is 0 Å². The minimum Gasteiger partial charge on any atom is -0.438 e. The summed E-state index contributed by atoms with van der Waals surface area (Å²) in [5.74, 6) is 0.874. The molecule has 1 amide bonds. The first-order chi connectivity index (χ1) is 13.8. The minimum atomic E-state index is -0.130. The molecule has 0 aliphatic rings. The quantitative estimate of drug-likeness (QED) is 0.677. The van der Waals surface area contributed by atoms with Crippen LogP contribution in [0.5, 0.6) is 11.6 Å². The van der Waals surface area contributed by atoms with Gasteiger partial charge in [-0.1, -0.05) is 26.8 Å². The Hall–Kier alpha value is -3.28. The Kier molecular flexibility index (Phi) is 5.92. The van der Waals surface area contributed by atoms with Gasteiger partial charge in [0.2, 0.25) is 5.88 Å². The summed E-state index contributed by atoms with van der Waals surface area (Å²) in [4.78, 5) is 25.3. The monoisotopic (exact) mass is 390 g/mol. The SMILES string of the molecule is Cc1ccc(C(=O)N[C@@H](C)C(C)(C)C)cc1Oc1ncccc1-c1ccncn1. The third kappa shape index (κ3) is 4.96. The first-order valence-corrected chi connectivity index (χ1v) is 9.56. The van der Waals surface area contributed by atoms with E-state index in [0.29, 0.717) is 22.9 Å². The van der Waals surface area contributed by atoms with Crippen LogP contribution in [0.2, 0.25) is 0 Å². The second-order valence-corrected chi connectivity index (χ2v) is 8.09. The zero-order valence-electron chi connectivity index (χ0n) is 17.4. The van der Waals surface area contributed by atoms with E-state index in [2.05, 4.69) is 41.0 Å².